The Morgan fingerprint density at radius 2 is 2.00 bits per heavy atom. The van der Waals surface area contributed by atoms with Crippen molar-refractivity contribution in [3.63, 3.8) is 0 Å². The molecule has 0 aliphatic carbocycles. The standard InChI is InChI=1S/C13H17N3O/c1-3-17-12-6-4-11(5-7-12)9-16-10(2)8-15-13(16)14/h4-8H,3,9H2,1-2H3,(H2,14,15). The Bertz CT molecular complexity index is 468. The maximum absolute atomic E-state index is 5.79. The molecule has 90 valence electrons. The van der Waals surface area contributed by atoms with Crippen LogP contribution in [0.25, 0.3) is 0 Å². The molecule has 0 bridgehead atoms. The number of aryl methyl sites for hydroxylation is 1. The van der Waals surface area contributed by atoms with Gasteiger partial charge in [-0.05, 0) is 31.5 Å². The number of hydrogen-bond donors (Lipinski definition) is 1. The summed E-state index contributed by atoms with van der Waals surface area (Å²) in [4.78, 5) is 4.08. The summed E-state index contributed by atoms with van der Waals surface area (Å²) in [7, 11) is 0. The van der Waals surface area contributed by atoms with E-state index in [0.29, 0.717) is 12.6 Å². The highest BCUT2D eigenvalue weighted by molar-refractivity contribution is 5.30. The molecule has 1 heterocycles. The molecule has 0 spiro atoms. The average Bonchev–Trinajstić information content (AvgIpc) is 2.64. The topological polar surface area (TPSA) is 53.1 Å². The van der Waals surface area contributed by atoms with Crippen LogP contribution in [-0.2, 0) is 6.54 Å². The minimum Gasteiger partial charge on any atom is -0.494 e. The number of nitrogen functional groups attached to an aromatic ring is 1. The lowest BCUT2D eigenvalue weighted by Gasteiger charge is -2.08. The molecule has 0 atom stereocenters. The molecule has 0 unspecified atom stereocenters. The molecule has 2 aromatic rings. The van der Waals surface area contributed by atoms with Crippen LogP contribution in [0.2, 0.25) is 0 Å². The molecule has 0 saturated carbocycles. The van der Waals surface area contributed by atoms with Crippen LogP contribution in [-0.4, -0.2) is 16.2 Å². The van der Waals surface area contributed by atoms with Gasteiger partial charge in [0.2, 0.25) is 5.95 Å². The van der Waals surface area contributed by atoms with Crippen molar-refractivity contribution in [2.45, 2.75) is 20.4 Å². The Labute approximate surface area is 101 Å². The Balaban J connectivity index is 2.14. The number of ether oxygens (including phenoxy) is 1. The van der Waals surface area contributed by atoms with Crippen LogP contribution in [0.15, 0.2) is 30.5 Å². The van der Waals surface area contributed by atoms with Crippen LogP contribution in [0, 0.1) is 6.92 Å². The Kier molecular flexibility index (Phi) is 3.32. The van der Waals surface area contributed by atoms with Gasteiger partial charge >= 0.3 is 0 Å². The van der Waals surface area contributed by atoms with Crippen LogP contribution in [0.4, 0.5) is 5.95 Å². The van der Waals surface area contributed by atoms with Gasteiger partial charge < -0.3 is 15.0 Å². The molecule has 4 heteroatoms. The van der Waals surface area contributed by atoms with E-state index in [4.69, 9.17) is 10.5 Å². The lowest BCUT2D eigenvalue weighted by molar-refractivity contribution is 0.340. The van der Waals surface area contributed by atoms with Crippen LogP contribution < -0.4 is 10.5 Å². The van der Waals surface area contributed by atoms with E-state index in [9.17, 15) is 0 Å². The van der Waals surface area contributed by atoms with Crippen LogP contribution >= 0.6 is 0 Å². The van der Waals surface area contributed by atoms with Crippen molar-refractivity contribution in [2.24, 2.45) is 0 Å². The fraction of sp³-hybridized carbons (Fsp3) is 0.308. The summed E-state index contributed by atoms with van der Waals surface area (Å²) in [6, 6.07) is 8.04. The Morgan fingerprint density at radius 1 is 1.29 bits per heavy atom. The number of benzene rings is 1. The van der Waals surface area contributed by atoms with E-state index in [2.05, 4.69) is 4.98 Å². The molecule has 1 aromatic carbocycles. The Morgan fingerprint density at radius 3 is 2.53 bits per heavy atom. The number of nitrogens with zero attached hydrogens (tertiary/aromatic N) is 2. The van der Waals surface area contributed by atoms with Crippen LogP contribution in [0.5, 0.6) is 5.75 Å². The molecule has 0 aliphatic heterocycles. The average molecular weight is 231 g/mol. The molecular formula is C13H17N3O. The van der Waals surface area contributed by atoms with Gasteiger partial charge in [-0.25, -0.2) is 4.98 Å². The zero-order chi connectivity index (χ0) is 12.3. The largest absolute Gasteiger partial charge is 0.494 e. The molecule has 0 radical (unpaired) electrons. The maximum Gasteiger partial charge on any atom is 0.200 e. The fourth-order valence-electron chi connectivity index (χ4n) is 1.73. The second-order valence-corrected chi connectivity index (χ2v) is 3.92. The van der Waals surface area contributed by atoms with Crippen molar-refractivity contribution in [1.82, 2.24) is 9.55 Å². The van der Waals surface area contributed by atoms with E-state index in [0.717, 1.165) is 18.0 Å². The van der Waals surface area contributed by atoms with Crippen molar-refractivity contribution in [3.05, 3.63) is 41.7 Å². The number of rotatable bonds is 4. The quantitative estimate of drug-likeness (QED) is 0.877. The third kappa shape index (κ3) is 2.58. The highest BCUT2D eigenvalue weighted by atomic mass is 16.5. The fourth-order valence-corrected chi connectivity index (χ4v) is 1.73. The summed E-state index contributed by atoms with van der Waals surface area (Å²) in [5.74, 6) is 1.45. The van der Waals surface area contributed by atoms with Crippen molar-refractivity contribution < 1.29 is 4.74 Å². The van der Waals surface area contributed by atoms with Gasteiger partial charge in [0, 0.05) is 5.69 Å². The summed E-state index contributed by atoms with van der Waals surface area (Å²) in [5.41, 5.74) is 8.04. The first-order valence-corrected chi connectivity index (χ1v) is 5.70. The van der Waals surface area contributed by atoms with E-state index in [-0.39, 0.29) is 0 Å². The highest BCUT2D eigenvalue weighted by Gasteiger charge is 2.04. The number of aromatic nitrogens is 2. The first kappa shape index (κ1) is 11.5. The molecular weight excluding hydrogens is 214 g/mol. The third-order valence-corrected chi connectivity index (χ3v) is 2.66. The van der Waals surface area contributed by atoms with Gasteiger partial charge in [0.15, 0.2) is 0 Å². The predicted octanol–water partition coefficient (Wildman–Crippen LogP) is 2.22. The van der Waals surface area contributed by atoms with Gasteiger partial charge in [-0.3, -0.25) is 0 Å². The van der Waals surface area contributed by atoms with Crippen molar-refractivity contribution in [1.29, 1.82) is 0 Å². The van der Waals surface area contributed by atoms with Gasteiger partial charge in [-0.15, -0.1) is 0 Å². The van der Waals surface area contributed by atoms with E-state index < -0.39 is 0 Å². The van der Waals surface area contributed by atoms with Gasteiger partial charge in [-0.2, -0.15) is 0 Å². The summed E-state index contributed by atoms with van der Waals surface area (Å²) < 4.78 is 7.38. The normalized spacial score (nSPS) is 10.5. The molecule has 0 aliphatic rings. The summed E-state index contributed by atoms with van der Waals surface area (Å²) in [6.07, 6.45) is 1.78. The molecule has 0 fully saturated rings. The van der Waals surface area contributed by atoms with E-state index in [1.165, 1.54) is 5.56 Å². The third-order valence-electron chi connectivity index (χ3n) is 2.66. The molecule has 17 heavy (non-hydrogen) atoms. The van der Waals surface area contributed by atoms with E-state index >= 15 is 0 Å². The molecule has 1 aromatic heterocycles. The first-order chi connectivity index (χ1) is 8.20. The van der Waals surface area contributed by atoms with Gasteiger partial charge in [0.25, 0.3) is 0 Å². The smallest absolute Gasteiger partial charge is 0.200 e. The zero-order valence-corrected chi connectivity index (χ0v) is 10.2. The summed E-state index contributed by atoms with van der Waals surface area (Å²) in [5, 5.41) is 0. The lowest BCUT2D eigenvalue weighted by Crippen LogP contribution is -2.06. The second kappa shape index (κ2) is 4.91. The number of imidazole rings is 1. The molecule has 0 saturated heterocycles. The minimum atomic E-state index is 0.552. The number of anilines is 1. The summed E-state index contributed by atoms with van der Waals surface area (Å²) in [6.45, 7) is 5.40. The molecule has 4 nitrogen and oxygen atoms in total. The molecule has 0 amide bonds. The monoisotopic (exact) mass is 231 g/mol. The SMILES string of the molecule is CCOc1ccc(Cn2c(C)cnc2N)cc1. The van der Waals surface area contributed by atoms with Gasteiger partial charge in [-0.1, -0.05) is 12.1 Å². The highest BCUT2D eigenvalue weighted by Crippen LogP contribution is 2.15. The van der Waals surface area contributed by atoms with Gasteiger partial charge in [0.05, 0.1) is 19.3 Å². The number of nitrogens with two attached hydrogens (primary N) is 1. The molecule has 2 N–H and O–H groups in total. The minimum absolute atomic E-state index is 0.552. The predicted molar refractivity (Wildman–Crippen MR) is 68.1 cm³/mol. The first-order valence-electron chi connectivity index (χ1n) is 5.70. The maximum atomic E-state index is 5.79. The Hall–Kier alpha value is -1.97. The van der Waals surface area contributed by atoms with Crippen LogP contribution in [0.1, 0.15) is 18.2 Å². The van der Waals surface area contributed by atoms with Gasteiger partial charge in [0.1, 0.15) is 5.75 Å². The lowest BCUT2D eigenvalue weighted by atomic mass is 10.2. The zero-order valence-electron chi connectivity index (χ0n) is 10.2. The number of hydrogen-bond acceptors (Lipinski definition) is 3. The van der Waals surface area contributed by atoms with Crippen LogP contribution in [0.3, 0.4) is 0 Å². The van der Waals surface area contributed by atoms with E-state index in [1.54, 1.807) is 6.20 Å². The van der Waals surface area contributed by atoms with Crippen molar-refractivity contribution in [3.8, 4) is 5.75 Å². The van der Waals surface area contributed by atoms with Crippen molar-refractivity contribution in [2.75, 3.05) is 12.3 Å². The van der Waals surface area contributed by atoms with E-state index in [1.807, 2.05) is 42.7 Å². The second-order valence-electron chi connectivity index (χ2n) is 3.92. The molecule has 2 rings (SSSR count). The summed E-state index contributed by atoms with van der Waals surface area (Å²) >= 11 is 0. The van der Waals surface area contributed by atoms with Crippen molar-refractivity contribution >= 4 is 5.95 Å².